The fraction of sp³-hybridized carbons (Fsp3) is 0.280. The number of benzene rings is 2. The largest absolute Gasteiger partial charge is 0.489 e. The Bertz CT molecular complexity index is 1040. The van der Waals surface area contributed by atoms with Crippen molar-refractivity contribution in [2.24, 2.45) is 5.73 Å². The van der Waals surface area contributed by atoms with E-state index in [0.29, 0.717) is 24.3 Å². The molecule has 0 aliphatic rings. The molecule has 5 nitrogen and oxygen atoms in total. The summed E-state index contributed by atoms with van der Waals surface area (Å²) in [5.41, 5.74) is 6.17. The second-order valence-corrected chi connectivity index (χ2v) is 8.09. The summed E-state index contributed by atoms with van der Waals surface area (Å²) in [6.07, 6.45) is -1.87. The van der Waals surface area contributed by atoms with Gasteiger partial charge in [0.15, 0.2) is 0 Å². The van der Waals surface area contributed by atoms with E-state index in [4.69, 9.17) is 10.5 Å². The molecule has 1 aromatic heterocycles. The molecular formula is C25H27F4N3O2S. The van der Waals surface area contributed by atoms with Crippen LogP contribution in [0.5, 0.6) is 5.75 Å². The Morgan fingerprint density at radius 1 is 1.11 bits per heavy atom. The molecular weight excluding hydrogens is 482 g/mol. The summed E-state index contributed by atoms with van der Waals surface area (Å²) in [6, 6.07) is 14.8. The van der Waals surface area contributed by atoms with Crippen molar-refractivity contribution in [3.05, 3.63) is 89.5 Å². The van der Waals surface area contributed by atoms with Crippen LogP contribution in [0.25, 0.3) is 0 Å². The molecule has 1 amide bonds. The Hall–Kier alpha value is -3.11. The highest BCUT2D eigenvalue weighted by Gasteiger charge is 2.32. The number of rotatable bonds is 8. The lowest BCUT2D eigenvalue weighted by Crippen LogP contribution is -2.40. The van der Waals surface area contributed by atoms with Gasteiger partial charge in [0.05, 0.1) is 6.04 Å². The van der Waals surface area contributed by atoms with E-state index in [2.05, 4.69) is 22.9 Å². The molecule has 2 aromatic carbocycles. The van der Waals surface area contributed by atoms with Crippen molar-refractivity contribution >= 4 is 18.5 Å². The van der Waals surface area contributed by atoms with E-state index in [1.54, 1.807) is 30.3 Å². The summed E-state index contributed by atoms with van der Waals surface area (Å²) in [5.74, 6) is 0.112. The number of alkyl halides is 3. The highest BCUT2D eigenvalue weighted by molar-refractivity contribution is 7.80. The SMILES string of the molecule is CCCC(N)C(=O)NCc1cccc(OCc2ccc(C(F)(F)F)nc2)c1.Fc1ccc(S)cc1. The van der Waals surface area contributed by atoms with Crippen molar-refractivity contribution in [1.82, 2.24) is 10.3 Å². The van der Waals surface area contributed by atoms with Crippen molar-refractivity contribution < 1.29 is 27.1 Å². The van der Waals surface area contributed by atoms with Crippen molar-refractivity contribution in [3.63, 3.8) is 0 Å². The van der Waals surface area contributed by atoms with Gasteiger partial charge in [0, 0.05) is 23.2 Å². The lowest BCUT2D eigenvalue weighted by molar-refractivity contribution is -0.141. The van der Waals surface area contributed by atoms with Crippen LogP contribution in [0.2, 0.25) is 0 Å². The van der Waals surface area contributed by atoms with E-state index in [1.807, 2.05) is 13.0 Å². The number of nitrogens with zero attached hydrogens (tertiary/aromatic N) is 1. The quantitative estimate of drug-likeness (QED) is 0.275. The van der Waals surface area contributed by atoms with Crippen LogP contribution in [0.3, 0.4) is 0 Å². The van der Waals surface area contributed by atoms with Crippen LogP contribution in [0.15, 0.2) is 71.8 Å². The number of ether oxygens (including phenoxy) is 1. The van der Waals surface area contributed by atoms with Gasteiger partial charge in [0.25, 0.3) is 0 Å². The van der Waals surface area contributed by atoms with Crippen molar-refractivity contribution in [2.75, 3.05) is 0 Å². The normalized spacial score (nSPS) is 11.7. The summed E-state index contributed by atoms with van der Waals surface area (Å²) < 4.78 is 55.2. The Morgan fingerprint density at radius 3 is 2.40 bits per heavy atom. The molecule has 3 N–H and O–H groups in total. The van der Waals surface area contributed by atoms with Crippen LogP contribution >= 0.6 is 12.6 Å². The summed E-state index contributed by atoms with van der Waals surface area (Å²) in [7, 11) is 0. The highest BCUT2D eigenvalue weighted by atomic mass is 32.1. The number of amides is 1. The molecule has 35 heavy (non-hydrogen) atoms. The lowest BCUT2D eigenvalue weighted by atomic mass is 10.1. The van der Waals surface area contributed by atoms with Crippen LogP contribution < -0.4 is 15.8 Å². The number of halogens is 4. The number of pyridine rings is 1. The minimum Gasteiger partial charge on any atom is -0.489 e. The first-order chi connectivity index (χ1) is 16.6. The standard InChI is InChI=1S/C19H22F3N3O2.C6H5FS/c1-2-4-16(23)18(26)25-10-13-5-3-6-15(9-13)27-12-14-7-8-17(24-11-14)19(20,21)22;7-5-1-3-6(8)4-2-5/h3,5-9,11,16H,2,4,10,12,23H2,1H3,(H,25,26);1-4,8H. The second kappa shape index (κ2) is 13.7. The van der Waals surface area contributed by atoms with Crippen molar-refractivity contribution in [1.29, 1.82) is 0 Å². The molecule has 3 rings (SSSR count). The summed E-state index contributed by atoms with van der Waals surface area (Å²) in [6.45, 7) is 2.36. The van der Waals surface area contributed by atoms with Gasteiger partial charge in [-0.25, -0.2) is 4.39 Å². The first kappa shape index (κ1) is 28.1. The summed E-state index contributed by atoms with van der Waals surface area (Å²) >= 11 is 3.97. The molecule has 1 heterocycles. The molecule has 0 aliphatic heterocycles. The molecule has 188 valence electrons. The maximum Gasteiger partial charge on any atom is 0.433 e. The number of carbonyl (C=O) groups excluding carboxylic acids is 1. The summed E-state index contributed by atoms with van der Waals surface area (Å²) in [4.78, 5) is 16.0. The first-order valence-corrected chi connectivity index (χ1v) is 11.2. The zero-order valence-corrected chi connectivity index (χ0v) is 20.0. The molecule has 0 aliphatic carbocycles. The number of thiol groups is 1. The van der Waals surface area contributed by atoms with Gasteiger partial charge in [0.1, 0.15) is 23.9 Å². The van der Waals surface area contributed by atoms with E-state index in [-0.39, 0.29) is 18.3 Å². The van der Waals surface area contributed by atoms with E-state index >= 15 is 0 Å². The van der Waals surface area contributed by atoms with Gasteiger partial charge < -0.3 is 15.8 Å². The van der Waals surface area contributed by atoms with E-state index in [9.17, 15) is 22.4 Å². The van der Waals surface area contributed by atoms with Crippen LogP contribution in [0.1, 0.15) is 36.6 Å². The average Bonchev–Trinajstić information content (AvgIpc) is 2.83. The van der Waals surface area contributed by atoms with Gasteiger partial charge in [0.2, 0.25) is 5.91 Å². The molecule has 3 aromatic rings. The third kappa shape index (κ3) is 10.4. The second-order valence-electron chi connectivity index (χ2n) is 7.57. The molecule has 0 saturated heterocycles. The molecule has 10 heteroatoms. The number of nitrogens with two attached hydrogens (primary N) is 1. The Labute approximate surface area is 207 Å². The fourth-order valence-corrected chi connectivity index (χ4v) is 2.94. The predicted octanol–water partition coefficient (Wildman–Crippen LogP) is 5.54. The van der Waals surface area contributed by atoms with Gasteiger partial charge in [-0.1, -0.05) is 31.5 Å². The molecule has 0 spiro atoms. The zero-order chi connectivity index (χ0) is 25.8. The minimum atomic E-state index is -4.46. The molecule has 0 radical (unpaired) electrons. The Kier molecular flexibility index (Phi) is 11.0. The number of carbonyl (C=O) groups is 1. The molecule has 0 saturated carbocycles. The average molecular weight is 510 g/mol. The number of aromatic nitrogens is 1. The van der Waals surface area contributed by atoms with Crippen molar-refractivity contribution in [2.45, 2.75) is 50.0 Å². The van der Waals surface area contributed by atoms with E-state index in [0.717, 1.165) is 29.1 Å². The molecule has 1 atom stereocenters. The van der Waals surface area contributed by atoms with E-state index < -0.39 is 17.9 Å². The molecule has 0 fully saturated rings. The molecule has 1 unspecified atom stereocenters. The number of hydrogen-bond acceptors (Lipinski definition) is 5. The fourth-order valence-electron chi connectivity index (χ4n) is 2.79. The number of nitrogens with one attached hydrogen (secondary N) is 1. The zero-order valence-electron chi connectivity index (χ0n) is 19.1. The third-order valence-electron chi connectivity index (χ3n) is 4.65. The van der Waals surface area contributed by atoms with Crippen molar-refractivity contribution in [3.8, 4) is 5.75 Å². The van der Waals surface area contributed by atoms with Crippen LogP contribution in [0.4, 0.5) is 17.6 Å². The maximum atomic E-state index is 12.5. The van der Waals surface area contributed by atoms with Gasteiger partial charge >= 0.3 is 6.18 Å². The van der Waals surface area contributed by atoms with Gasteiger partial charge in [-0.3, -0.25) is 9.78 Å². The van der Waals surface area contributed by atoms with Crippen LogP contribution in [-0.4, -0.2) is 16.9 Å². The summed E-state index contributed by atoms with van der Waals surface area (Å²) in [5, 5.41) is 2.77. The molecule has 0 bridgehead atoms. The topological polar surface area (TPSA) is 77.2 Å². The van der Waals surface area contributed by atoms with Gasteiger partial charge in [-0.2, -0.15) is 13.2 Å². The Morgan fingerprint density at radius 2 is 1.83 bits per heavy atom. The van der Waals surface area contributed by atoms with Crippen LogP contribution in [0, 0.1) is 5.82 Å². The smallest absolute Gasteiger partial charge is 0.433 e. The van der Waals surface area contributed by atoms with Gasteiger partial charge in [-0.15, -0.1) is 12.6 Å². The maximum absolute atomic E-state index is 12.5. The van der Waals surface area contributed by atoms with Gasteiger partial charge in [-0.05, 0) is 54.4 Å². The minimum absolute atomic E-state index is 0.0856. The Balaban J connectivity index is 0.000000456. The predicted molar refractivity (Wildman–Crippen MR) is 128 cm³/mol. The highest BCUT2D eigenvalue weighted by Crippen LogP contribution is 2.27. The lowest BCUT2D eigenvalue weighted by Gasteiger charge is -2.12. The number of hydrogen-bond donors (Lipinski definition) is 3. The van der Waals surface area contributed by atoms with Crippen LogP contribution in [-0.2, 0) is 24.1 Å². The monoisotopic (exact) mass is 509 g/mol. The van der Waals surface area contributed by atoms with E-state index in [1.165, 1.54) is 18.2 Å². The first-order valence-electron chi connectivity index (χ1n) is 10.8. The third-order valence-corrected chi connectivity index (χ3v) is 4.95.